The molecule has 4 heteroatoms. The highest BCUT2D eigenvalue weighted by atomic mass is 16.5. The molecule has 4 nitrogen and oxygen atoms in total. The molecule has 17 heavy (non-hydrogen) atoms. The standard InChI is InChI=1S/C13H28N2O2/c1-4-15(5-2)10-12(16)9-14-11(3)13-7-6-8-17-13/h11-14,16H,4-10H2,1-3H3. The van der Waals surface area contributed by atoms with E-state index < -0.39 is 0 Å². The highest BCUT2D eigenvalue weighted by Crippen LogP contribution is 2.15. The molecule has 102 valence electrons. The van der Waals surface area contributed by atoms with Crippen LogP contribution in [0.5, 0.6) is 0 Å². The van der Waals surface area contributed by atoms with Gasteiger partial charge in [0.15, 0.2) is 0 Å². The minimum absolute atomic E-state index is 0.293. The Hall–Kier alpha value is -0.160. The topological polar surface area (TPSA) is 44.7 Å². The maximum atomic E-state index is 9.93. The van der Waals surface area contributed by atoms with Crippen molar-refractivity contribution in [3.63, 3.8) is 0 Å². The SMILES string of the molecule is CCN(CC)CC(O)CNC(C)C1CCCO1. The first-order valence-corrected chi connectivity index (χ1v) is 6.92. The van der Waals surface area contributed by atoms with Gasteiger partial charge in [-0.05, 0) is 32.9 Å². The van der Waals surface area contributed by atoms with Gasteiger partial charge in [-0.15, -0.1) is 0 Å². The molecule has 0 bridgehead atoms. The Kier molecular flexibility index (Phi) is 7.04. The molecule has 1 saturated heterocycles. The van der Waals surface area contributed by atoms with E-state index in [2.05, 4.69) is 31.0 Å². The van der Waals surface area contributed by atoms with Gasteiger partial charge in [-0.3, -0.25) is 0 Å². The van der Waals surface area contributed by atoms with E-state index in [-0.39, 0.29) is 6.10 Å². The second-order valence-corrected chi connectivity index (χ2v) is 4.89. The van der Waals surface area contributed by atoms with E-state index in [1.54, 1.807) is 0 Å². The molecule has 1 aliphatic heterocycles. The van der Waals surface area contributed by atoms with E-state index in [1.807, 2.05) is 0 Å². The average molecular weight is 244 g/mol. The molecule has 0 radical (unpaired) electrons. The molecule has 1 aliphatic rings. The van der Waals surface area contributed by atoms with E-state index in [0.717, 1.165) is 32.7 Å². The first-order chi connectivity index (χ1) is 8.17. The lowest BCUT2D eigenvalue weighted by Gasteiger charge is -2.25. The molecule has 0 saturated carbocycles. The zero-order valence-electron chi connectivity index (χ0n) is 11.5. The monoisotopic (exact) mass is 244 g/mol. The van der Waals surface area contributed by atoms with Crippen LogP contribution >= 0.6 is 0 Å². The maximum absolute atomic E-state index is 9.93. The van der Waals surface area contributed by atoms with Gasteiger partial charge in [-0.25, -0.2) is 0 Å². The van der Waals surface area contributed by atoms with Crippen molar-refractivity contribution in [2.24, 2.45) is 0 Å². The molecule has 0 aliphatic carbocycles. The Labute approximate surface area is 105 Å². The molecule has 0 amide bonds. The highest BCUT2D eigenvalue weighted by molar-refractivity contribution is 4.78. The van der Waals surface area contributed by atoms with Crippen LogP contribution < -0.4 is 5.32 Å². The maximum Gasteiger partial charge on any atom is 0.0791 e. The van der Waals surface area contributed by atoms with E-state index in [9.17, 15) is 5.11 Å². The van der Waals surface area contributed by atoms with E-state index in [1.165, 1.54) is 6.42 Å². The molecule has 0 aromatic carbocycles. The summed E-state index contributed by atoms with van der Waals surface area (Å²) in [4.78, 5) is 2.24. The van der Waals surface area contributed by atoms with Crippen molar-refractivity contribution in [2.45, 2.75) is 51.9 Å². The molecule has 1 fully saturated rings. The average Bonchev–Trinajstić information content (AvgIpc) is 2.86. The largest absolute Gasteiger partial charge is 0.390 e. The van der Waals surface area contributed by atoms with Crippen molar-refractivity contribution >= 4 is 0 Å². The summed E-state index contributed by atoms with van der Waals surface area (Å²) in [5, 5.41) is 13.3. The van der Waals surface area contributed by atoms with Crippen LogP contribution in [0.1, 0.15) is 33.6 Å². The highest BCUT2D eigenvalue weighted by Gasteiger charge is 2.22. The van der Waals surface area contributed by atoms with Crippen molar-refractivity contribution in [2.75, 3.05) is 32.8 Å². The fraction of sp³-hybridized carbons (Fsp3) is 1.00. The van der Waals surface area contributed by atoms with Gasteiger partial charge in [0.1, 0.15) is 0 Å². The van der Waals surface area contributed by atoms with Crippen molar-refractivity contribution in [1.29, 1.82) is 0 Å². The first-order valence-electron chi connectivity index (χ1n) is 6.92. The second-order valence-electron chi connectivity index (χ2n) is 4.89. The Morgan fingerprint density at radius 2 is 2.12 bits per heavy atom. The molecular formula is C13H28N2O2. The molecule has 2 N–H and O–H groups in total. The summed E-state index contributed by atoms with van der Waals surface area (Å²) < 4.78 is 5.62. The first kappa shape index (κ1) is 14.9. The quantitative estimate of drug-likeness (QED) is 0.664. The molecule has 3 unspecified atom stereocenters. The van der Waals surface area contributed by atoms with Crippen LogP contribution in [-0.4, -0.2) is 61.0 Å². The Morgan fingerprint density at radius 3 is 2.65 bits per heavy atom. The number of ether oxygens (including phenoxy) is 1. The smallest absolute Gasteiger partial charge is 0.0791 e. The Balaban J connectivity index is 2.15. The van der Waals surface area contributed by atoms with Crippen LogP contribution in [0, 0.1) is 0 Å². The number of aliphatic hydroxyl groups excluding tert-OH is 1. The minimum Gasteiger partial charge on any atom is -0.390 e. The van der Waals surface area contributed by atoms with Crippen molar-refractivity contribution in [3.8, 4) is 0 Å². The number of nitrogens with zero attached hydrogens (tertiary/aromatic N) is 1. The summed E-state index contributed by atoms with van der Waals surface area (Å²) in [6.07, 6.45) is 2.34. The van der Waals surface area contributed by atoms with Gasteiger partial charge in [-0.2, -0.15) is 0 Å². The van der Waals surface area contributed by atoms with Crippen LogP contribution in [0.2, 0.25) is 0 Å². The van der Waals surface area contributed by atoms with E-state index >= 15 is 0 Å². The molecule has 0 spiro atoms. The van der Waals surface area contributed by atoms with Crippen molar-refractivity contribution in [3.05, 3.63) is 0 Å². The van der Waals surface area contributed by atoms with Gasteiger partial charge in [0.05, 0.1) is 12.2 Å². The van der Waals surface area contributed by atoms with Gasteiger partial charge in [0.25, 0.3) is 0 Å². The summed E-state index contributed by atoms with van der Waals surface area (Å²) in [6, 6.07) is 0.337. The summed E-state index contributed by atoms with van der Waals surface area (Å²) in [6.45, 7) is 10.7. The normalized spacial score (nSPS) is 24.2. The number of rotatable bonds is 8. The summed E-state index contributed by atoms with van der Waals surface area (Å²) in [7, 11) is 0. The number of hydrogen-bond acceptors (Lipinski definition) is 4. The minimum atomic E-state index is -0.293. The van der Waals surface area contributed by atoms with E-state index in [0.29, 0.717) is 18.7 Å². The molecule has 1 rings (SSSR count). The Bertz CT molecular complexity index is 192. The molecule has 0 aromatic rings. The van der Waals surface area contributed by atoms with Gasteiger partial charge < -0.3 is 20.1 Å². The molecule has 1 heterocycles. The fourth-order valence-corrected chi connectivity index (χ4v) is 2.29. The lowest BCUT2D eigenvalue weighted by atomic mass is 10.1. The van der Waals surface area contributed by atoms with Crippen LogP contribution in [0.4, 0.5) is 0 Å². The van der Waals surface area contributed by atoms with Crippen LogP contribution in [0.15, 0.2) is 0 Å². The Morgan fingerprint density at radius 1 is 1.41 bits per heavy atom. The third-order valence-electron chi connectivity index (χ3n) is 3.56. The fourth-order valence-electron chi connectivity index (χ4n) is 2.29. The zero-order valence-corrected chi connectivity index (χ0v) is 11.5. The van der Waals surface area contributed by atoms with Crippen molar-refractivity contribution < 1.29 is 9.84 Å². The number of nitrogens with one attached hydrogen (secondary N) is 1. The van der Waals surface area contributed by atoms with Crippen molar-refractivity contribution in [1.82, 2.24) is 10.2 Å². The summed E-state index contributed by atoms with van der Waals surface area (Å²) in [5.74, 6) is 0. The molecule has 3 atom stereocenters. The zero-order chi connectivity index (χ0) is 12.7. The predicted molar refractivity (Wildman–Crippen MR) is 70.2 cm³/mol. The number of hydrogen-bond donors (Lipinski definition) is 2. The van der Waals surface area contributed by atoms with Gasteiger partial charge in [0, 0.05) is 25.7 Å². The van der Waals surface area contributed by atoms with Gasteiger partial charge >= 0.3 is 0 Å². The van der Waals surface area contributed by atoms with Gasteiger partial charge in [-0.1, -0.05) is 13.8 Å². The number of likely N-dealkylation sites (N-methyl/N-ethyl adjacent to an activating group) is 1. The van der Waals surface area contributed by atoms with Crippen LogP contribution in [0.25, 0.3) is 0 Å². The third-order valence-corrected chi connectivity index (χ3v) is 3.56. The third kappa shape index (κ3) is 5.34. The lowest BCUT2D eigenvalue weighted by molar-refractivity contribution is 0.0704. The van der Waals surface area contributed by atoms with Crippen LogP contribution in [-0.2, 0) is 4.74 Å². The summed E-state index contributed by atoms with van der Waals surface area (Å²) >= 11 is 0. The van der Waals surface area contributed by atoms with E-state index in [4.69, 9.17) is 4.74 Å². The second kappa shape index (κ2) is 8.03. The molecular weight excluding hydrogens is 216 g/mol. The summed E-state index contributed by atoms with van der Waals surface area (Å²) in [5.41, 5.74) is 0. The van der Waals surface area contributed by atoms with Crippen LogP contribution in [0.3, 0.4) is 0 Å². The predicted octanol–water partition coefficient (Wildman–Crippen LogP) is 0.846. The molecule has 0 aromatic heterocycles. The number of aliphatic hydroxyl groups is 1. The lowest BCUT2D eigenvalue weighted by Crippen LogP contribution is -2.44. The van der Waals surface area contributed by atoms with Gasteiger partial charge in [0.2, 0.25) is 0 Å².